The predicted molar refractivity (Wildman–Crippen MR) is 182 cm³/mol. The van der Waals surface area contributed by atoms with Crippen LogP contribution in [-0.4, -0.2) is 64.0 Å². The van der Waals surface area contributed by atoms with Crippen molar-refractivity contribution in [3.05, 3.63) is 144 Å². The molecule has 7 atom stereocenters. The van der Waals surface area contributed by atoms with Crippen LogP contribution in [0.5, 0.6) is 0 Å². The monoisotopic (exact) mass is 741 g/mol. The molecule has 0 radical (unpaired) electrons. The second-order valence-corrected chi connectivity index (χ2v) is 17.6. The molecule has 0 saturated carbocycles. The third-order valence-electron chi connectivity index (χ3n) is 8.27. The molecule has 2 heterocycles. The van der Waals surface area contributed by atoms with Gasteiger partial charge in [-0.05, 0) is 0 Å². The first-order chi connectivity index (χ1) is 23.4. The minimum atomic E-state index is -4.74. The second kappa shape index (κ2) is 17.1. The first-order valence-electron chi connectivity index (χ1n) is 16.0. The van der Waals surface area contributed by atoms with Crippen molar-refractivity contribution >= 4 is 24.3 Å². The van der Waals surface area contributed by atoms with Gasteiger partial charge in [-0.2, -0.15) is 0 Å². The molecule has 6 rings (SSSR count). The molecule has 48 heavy (non-hydrogen) atoms. The van der Waals surface area contributed by atoms with E-state index in [1.165, 1.54) is 0 Å². The molecule has 254 valence electrons. The summed E-state index contributed by atoms with van der Waals surface area (Å²) in [5.41, 5.74) is 4.00. The fourth-order valence-electron chi connectivity index (χ4n) is 5.91. The Balaban J connectivity index is 1.25. The molecule has 2 fully saturated rings. The third kappa shape index (κ3) is 10.3. The van der Waals surface area contributed by atoms with Gasteiger partial charge in [-0.15, -0.1) is 0 Å². The Morgan fingerprint density at radius 2 is 1.10 bits per heavy atom. The Kier molecular flexibility index (Phi) is 12.5. The van der Waals surface area contributed by atoms with E-state index in [9.17, 15) is 13.0 Å². The van der Waals surface area contributed by atoms with Crippen molar-refractivity contribution < 1.29 is 40.8 Å². The third-order valence-corrected chi connectivity index (χ3v) is 13.8. The zero-order chi connectivity index (χ0) is 33.2. The van der Waals surface area contributed by atoms with Gasteiger partial charge in [0, 0.05) is 0 Å². The van der Waals surface area contributed by atoms with Crippen LogP contribution >= 0.6 is 0 Å². The van der Waals surface area contributed by atoms with E-state index in [2.05, 4.69) is 0 Å². The summed E-state index contributed by atoms with van der Waals surface area (Å²) in [6.07, 6.45) is -3.22. The summed E-state index contributed by atoms with van der Waals surface area (Å²) in [4.78, 5) is 0. The molecule has 4 aromatic rings. The number of benzene rings is 4. The van der Waals surface area contributed by atoms with Crippen LogP contribution in [0.2, 0.25) is 16.0 Å². The fraction of sp³-hybridized carbons (Fsp3) is 0.351. The van der Waals surface area contributed by atoms with E-state index in [0.717, 1.165) is 32.9 Å². The van der Waals surface area contributed by atoms with Gasteiger partial charge < -0.3 is 0 Å². The average Bonchev–Trinajstić information content (AvgIpc) is 3.11. The van der Waals surface area contributed by atoms with Crippen LogP contribution in [0, 0.1) is 0 Å². The van der Waals surface area contributed by atoms with Gasteiger partial charge in [0.05, 0.1) is 0 Å². The van der Waals surface area contributed by atoms with Gasteiger partial charge in [0.2, 0.25) is 0 Å². The summed E-state index contributed by atoms with van der Waals surface area (Å²) in [5.74, 6) is 0. The molecule has 1 N–H and O–H groups in total. The molecule has 11 heteroatoms. The Labute approximate surface area is 286 Å². The van der Waals surface area contributed by atoms with Crippen LogP contribution in [0.15, 0.2) is 121 Å². The number of hydrogen-bond acceptors (Lipinski definition) is 8. The van der Waals surface area contributed by atoms with Gasteiger partial charge in [0.25, 0.3) is 0 Å². The molecule has 0 aliphatic carbocycles. The van der Waals surface area contributed by atoms with Crippen molar-refractivity contribution in [1.29, 1.82) is 0 Å². The van der Waals surface area contributed by atoms with Crippen molar-refractivity contribution in [2.75, 3.05) is 6.61 Å². The first-order valence-corrected chi connectivity index (χ1v) is 21.0. The SMILES string of the molecule is O=S(=O)(O)O[C@@H]1COC(c2ccccc2)O[C@H]1C[Se+]1C[C@H](OCc2ccccc2)C(OCc2ccccc2)[C@H](OCc2ccccc2)C1. The van der Waals surface area contributed by atoms with Gasteiger partial charge >= 0.3 is 288 Å². The molecule has 0 amide bonds. The predicted octanol–water partition coefficient (Wildman–Crippen LogP) is 6.55. The van der Waals surface area contributed by atoms with Crippen LogP contribution in [0.25, 0.3) is 0 Å². The summed E-state index contributed by atoms with van der Waals surface area (Å²) in [6.45, 7) is 1.20. The Hall–Kier alpha value is -2.93. The van der Waals surface area contributed by atoms with Crippen molar-refractivity contribution in [2.45, 2.75) is 72.6 Å². The normalized spacial score (nSPS) is 26.2. The summed E-state index contributed by atoms with van der Waals surface area (Å²) in [7, 11) is -4.74. The van der Waals surface area contributed by atoms with E-state index in [1.807, 2.05) is 121 Å². The molecule has 0 aromatic heterocycles. The van der Waals surface area contributed by atoms with Crippen molar-refractivity contribution in [3.63, 3.8) is 0 Å². The zero-order valence-corrected chi connectivity index (χ0v) is 29.0. The second-order valence-electron chi connectivity index (χ2n) is 11.9. The molecule has 3 unspecified atom stereocenters. The molecular formula is C37H41O9SSe+. The van der Waals surface area contributed by atoms with Crippen LogP contribution < -0.4 is 0 Å². The number of ether oxygens (including phenoxy) is 5. The first kappa shape index (κ1) is 34.9. The van der Waals surface area contributed by atoms with Gasteiger partial charge in [0.1, 0.15) is 0 Å². The van der Waals surface area contributed by atoms with E-state index in [0.29, 0.717) is 25.1 Å². The van der Waals surface area contributed by atoms with E-state index in [1.54, 1.807) is 0 Å². The summed E-state index contributed by atoms with van der Waals surface area (Å²) in [5, 5.41) is 2.04. The molecule has 2 saturated heterocycles. The Morgan fingerprint density at radius 3 is 1.58 bits per heavy atom. The zero-order valence-electron chi connectivity index (χ0n) is 26.5. The van der Waals surface area contributed by atoms with E-state index in [4.69, 9.17) is 27.9 Å². The van der Waals surface area contributed by atoms with Gasteiger partial charge in [0.15, 0.2) is 0 Å². The van der Waals surface area contributed by atoms with E-state index < -0.39 is 42.8 Å². The summed E-state index contributed by atoms with van der Waals surface area (Å²) in [6, 6.07) is 39.6. The molecule has 9 nitrogen and oxygen atoms in total. The van der Waals surface area contributed by atoms with E-state index >= 15 is 0 Å². The Morgan fingerprint density at radius 1 is 0.646 bits per heavy atom. The van der Waals surface area contributed by atoms with Gasteiger partial charge in [-0.1, -0.05) is 0 Å². The molecular weight excluding hydrogens is 699 g/mol. The number of rotatable bonds is 14. The Bertz CT molecular complexity index is 1580. The molecule has 0 bridgehead atoms. The van der Waals surface area contributed by atoms with Crippen LogP contribution in [0.1, 0.15) is 28.5 Å². The number of hydrogen-bond donors (Lipinski definition) is 1. The quantitative estimate of drug-likeness (QED) is 0.114. The van der Waals surface area contributed by atoms with Crippen molar-refractivity contribution in [2.24, 2.45) is 0 Å². The van der Waals surface area contributed by atoms with Crippen molar-refractivity contribution in [1.82, 2.24) is 0 Å². The van der Waals surface area contributed by atoms with Crippen LogP contribution in [0.3, 0.4) is 0 Å². The maximum absolute atomic E-state index is 11.8. The van der Waals surface area contributed by atoms with Crippen molar-refractivity contribution in [3.8, 4) is 0 Å². The topological polar surface area (TPSA) is 110 Å². The molecule has 0 spiro atoms. The molecule has 4 aromatic carbocycles. The fourth-order valence-corrected chi connectivity index (χ4v) is 12.0. The molecule has 2 aliphatic rings. The van der Waals surface area contributed by atoms with E-state index in [-0.39, 0.29) is 24.9 Å². The van der Waals surface area contributed by atoms with Crippen LogP contribution in [-0.2, 0) is 58.1 Å². The molecule has 2 aliphatic heterocycles. The summed E-state index contributed by atoms with van der Waals surface area (Å²) >= 11 is -1.62. The van der Waals surface area contributed by atoms with Gasteiger partial charge in [-0.3, -0.25) is 0 Å². The maximum atomic E-state index is 11.8. The minimum absolute atomic E-state index is 0.0480. The van der Waals surface area contributed by atoms with Gasteiger partial charge in [-0.25, -0.2) is 0 Å². The average molecular weight is 741 g/mol. The van der Waals surface area contributed by atoms with Crippen LogP contribution in [0.4, 0.5) is 0 Å². The summed E-state index contributed by atoms with van der Waals surface area (Å²) < 4.78 is 70.6. The standard InChI is InChI=1S/C37H40O9SSe/c38-47(39,40)46-32-24-44-37(31-19-11-4-12-20-31)45-33(32)25-48-26-34(41-21-28-13-5-1-6-14-28)36(43-23-30-17-9-3-10-18-30)35(27-48)42-22-29-15-7-2-8-16-29/h1-20,32-37H,21-27H2/p+1/t32-,33+,34-,35+,36?,37?,48?/m1/s1.